The Balaban J connectivity index is 4.11. The molecule has 0 aromatic rings. The first-order chi connectivity index (χ1) is 7.30. The highest BCUT2D eigenvalue weighted by Gasteiger charge is 2.19. The molecule has 0 fully saturated rings. The van der Waals surface area contributed by atoms with Gasteiger partial charge in [0, 0.05) is 1.37 Å². The van der Waals surface area contributed by atoms with E-state index in [2.05, 4.69) is 5.32 Å². The summed E-state index contributed by atoms with van der Waals surface area (Å²) in [7, 11) is 0. The molecule has 0 aliphatic rings. The normalized spacial score (nSPS) is 14.7. The Bertz CT molecular complexity index is 219. The van der Waals surface area contributed by atoms with Crippen LogP contribution in [0.5, 0.6) is 0 Å². The summed E-state index contributed by atoms with van der Waals surface area (Å²) in [5, 5.41) is 11.7. The second-order valence-electron chi connectivity index (χ2n) is 4.80. The standard InChI is InChI=1S/C11H23NO3/c1-8(2)6-9(7-13)12-10(14)15-11(3,4)5/h8-9,13H,6-7H2,1-5H3,(H,12,14)/t9-/m0/s1/i3D. The number of nitrogens with one attached hydrogen (secondary N) is 1. The van der Waals surface area contributed by atoms with Gasteiger partial charge in [0.15, 0.2) is 0 Å². The van der Waals surface area contributed by atoms with Crippen LogP contribution < -0.4 is 5.32 Å². The molecule has 4 heteroatoms. The lowest BCUT2D eigenvalue weighted by molar-refractivity contribution is 0.0474. The third-order valence-corrected chi connectivity index (χ3v) is 1.67. The van der Waals surface area contributed by atoms with Crippen molar-refractivity contribution in [3.63, 3.8) is 0 Å². The fourth-order valence-electron chi connectivity index (χ4n) is 1.20. The lowest BCUT2D eigenvalue weighted by Crippen LogP contribution is -2.41. The Morgan fingerprint density at radius 2 is 2.20 bits per heavy atom. The number of alkyl carbamates (subject to hydrolysis) is 1. The van der Waals surface area contributed by atoms with E-state index >= 15 is 0 Å². The van der Waals surface area contributed by atoms with Crippen molar-refractivity contribution < 1.29 is 16.0 Å². The first-order valence-electron chi connectivity index (χ1n) is 5.91. The topological polar surface area (TPSA) is 58.6 Å². The van der Waals surface area contributed by atoms with Crippen LogP contribution in [0.4, 0.5) is 4.79 Å². The van der Waals surface area contributed by atoms with Crippen molar-refractivity contribution >= 4 is 6.09 Å². The van der Waals surface area contributed by atoms with Gasteiger partial charge in [0.05, 0.1) is 12.6 Å². The zero-order valence-electron chi connectivity index (χ0n) is 11.0. The maximum Gasteiger partial charge on any atom is 0.407 e. The number of hydrogen-bond acceptors (Lipinski definition) is 3. The van der Waals surface area contributed by atoms with Gasteiger partial charge in [0.2, 0.25) is 0 Å². The number of carbonyl (C=O) groups is 1. The maximum atomic E-state index is 11.4. The van der Waals surface area contributed by atoms with Gasteiger partial charge in [-0.05, 0) is 33.1 Å². The van der Waals surface area contributed by atoms with Crippen molar-refractivity contribution in [1.82, 2.24) is 5.32 Å². The van der Waals surface area contributed by atoms with Crippen molar-refractivity contribution in [3.05, 3.63) is 0 Å². The van der Waals surface area contributed by atoms with Gasteiger partial charge >= 0.3 is 6.09 Å². The molecule has 0 saturated carbocycles. The van der Waals surface area contributed by atoms with E-state index in [1.54, 1.807) is 13.8 Å². The van der Waals surface area contributed by atoms with E-state index in [9.17, 15) is 4.79 Å². The van der Waals surface area contributed by atoms with Crippen LogP contribution in [0.1, 0.15) is 42.4 Å². The zero-order valence-corrected chi connectivity index (χ0v) is 10.0. The lowest BCUT2D eigenvalue weighted by Gasteiger charge is -2.23. The minimum atomic E-state index is -0.790. The second-order valence-corrected chi connectivity index (χ2v) is 4.80. The monoisotopic (exact) mass is 218 g/mol. The minimum absolute atomic E-state index is 0.00833. The molecule has 1 atom stereocenters. The molecule has 0 bridgehead atoms. The zero-order chi connectivity index (χ0) is 12.8. The van der Waals surface area contributed by atoms with Gasteiger partial charge in [-0.3, -0.25) is 0 Å². The summed E-state index contributed by atoms with van der Waals surface area (Å²) in [5.41, 5.74) is -0.790. The van der Waals surface area contributed by atoms with E-state index in [0.717, 1.165) is 0 Å². The fourth-order valence-corrected chi connectivity index (χ4v) is 1.20. The van der Waals surface area contributed by atoms with Gasteiger partial charge in [-0.25, -0.2) is 4.79 Å². The third-order valence-electron chi connectivity index (χ3n) is 1.67. The fraction of sp³-hybridized carbons (Fsp3) is 0.909. The van der Waals surface area contributed by atoms with Gasteiger partial charge in [0.25, 0.3) is 0 Å². The summed E-state index contributed by atoms with van der Waals surface area (Å²) < 4.78 is 12.2. The molecule has 0 spiro atoms. The Morgan fingerprint density at radius 3 is 2.60 bits per heavy atom. The predicted octanol–water partition coefficient (Wildman–Crippen LogP) is 1.92. The summed E-state index contributed by atoms with van der Waals surface area (Å²) in [6.07, 6.45) is 0.129. The van der Waals surface area contributed by atoms with Crippen molar-refractivity contribution in [3.8, 4) is 0 Å². The first kappa shape index (κ1) is 12.3. The molecule has 0 unspecified atom stereocenters. The van der Waals surface area contributed by atoms with Gasteiger partial charge in [0.1, 0.15) is 5.60 Å². The average molecular weight is 218 g/mol. The summed E-state index contributed by atoms with van der Waals surface area (Å²) in [4.78, 5) is 11.4. The minimum Gasteiger partial charge on any atom is -0.444 e. The summed E-state index contributed by atoms with van der Waals surface area (Å²) in [6.45, 7) is 7.29. The average Bonchev–Trinajstić information content (AvgIpc) is 2.15. The molecule has 90 valence electrons. The van der Waals surface area contributed by atoms with E-state index < -0.39 is 11.7 Å². The quantitative estimate of drug-likeness (QED) is 0.758. The number of aliphatic hydroxyl groups is 1. The largest absolute Gasteiger partial charge is 0.444 e. The van der Waals surface area contributed by atoms with Crippen molar-refractivity contribution in [2.24, 2.45) is 5.92 Å². The summed E-state index contributed by atoms with van der Waals surface area (Å²) in [5.74, 6) is 0.390. The molecule has 0 rings (SSSR count). The van der Waals surface area contributed by atoms with Crippen LogP contribution in [0, 0.1) is 5.92 Å². The molecule has 0 saturated heterocycles. The Hall–Kier alpha value is -0.770. The number of rotatable bonds is 4. The molecular formula is C11H23NO3. The van der Waals surface area contributed by atoms with E-state index in [0.29, 0.717) is 12.3 Å². The molecule has 0 radical (unpaired) electrons. The number of amides is 1. The summed E-state index contributed by atoms with van der Waals surface area (Å²) >= 11 is 0. The summed E-state index contributed by atoms with van der Waals surface area (Å²) in [6, 6.07) is -0.283. The second kappa shape index (κ2) is 5.95. The highest BCUT2D eigenvalue weighted by atomic mass is 16.6. The number of ether oxygens (including phenoxy) is 1. The van der Waals surface area contributed by atoms with E-state index in [1.165, 1.54) is 0 Å². The van der Waals surface area contributed by atoms with Gasteiger partial charge in [-0.15, -0.1) is 0 Å². The van der Waals surface area contributed by atoms with Crippen LogP contribution in [0.3, 0.4) is 0 Å². The van der Waals surface area contributed by atoms with Gasteiger partial charge < -0.3 is 15.2 Å². The molecule has 0 heterocycles. The Morgan fingerprint density at radius 1 is 1.60 bits per heavy atom. The van der Waals surface area contributed by atoms with Crippen LogP contribution in [0.15, 0.2) is 0 Å². The molecule has 2 N–H and O–H groups in total. The van der Waals surface area contributed by atoms with Crippen LogP contribution >= 0.6 is 0 Å². The van der Waals surface area contributed by atoms with E-state index in [1.807, 2.05) is 13.8 Å². The van der Waals surface area contributed by atoms with Crippen molar-refractivity contribution in [2.75, 3.05) is 6.61 Å². The van der Waals surface area contributed by atoms with E-state index in [4.69, 9.17) is 11.2 Å². The smallest absolute Gasteiger partial charge is 0.407 e. The van der Waals surface area contributed by atoms with Crippen LogP contribution in [-0.4, -0.2) is 29.4 Å². The Labute approximate surface area is 93.4 Å². The molecule has 0 aliphatic heterocycles. The number of hydrogen-bond donors (Lipinski definition) is 2. The van der Waals surface area contributed by atoms with Crippen molar-refractivity contribution in [1.29, 1.82) is 0 Å². The number of carbonyl (C=O) groups excluding carboxylic acids is 1. The lowest BCUT2D eigenvalue weighted by atomic mass is 10.0. The molecule has 0 aliphatic carbocycles. The number of aliphatic hydroxyl groups excluding tert-OH is 1. The first-order valence-corrected chi connectivity index (χ1v) is 5.20. The molecular weight excluding hydrogens is 194 g/mol. The highest BCUT2D eigenvalue weighted by molar-refractivity contribution is 5.68. The van der Waals surface area contributed by atoms with E-state index in [-0.39, 0.29) is 19.5 Å². The van der Waals surface area contributed by atoms with Crippen LogP contribution in [-0.2, 0) is 4.74 Å². The molecule has 1 amide bonds. The van der Waals surface area contributed by atoms with Crippen LogP contribution in [0.2, 0.25) is 0 Å². The SMILES string of the molecule is [2H]CC(C)(C)OC(=O)N[C@H](CO)CC(C)C. The van der Waals surface area contributed by atoms with Crippen LogP contribution in [0.25, 0.3) is 0 Å². The third kappa shape index (κ3) is 8.24. The molecule has 0 aromatic heterocycles. The molecule has 4 nitrogen and oxygen atoms in total. The van der Waals surface area contributed by atoms with Gasteiger partial charge in [-0.2, -0.15) is 0 Å². The Kier molecular flexibility index (Phi) is 4.88. The van der Waals surface area contributed by atoms with Gasteiger partial charge in [-0.1, -0.05) is 13.8 Å². The molecule has 15 heavy (non-hydrogen) atoms. The predicted molar refractivity (Wildman–Crippen MR) is 59.7 cm³/mol. The highest BCUT2D eigenvalue weighted by Crippen LogP contribution is 2.08. The molecule has 0 aromatic carbocycles. The maximum absolute atomic E-state index is 11.4. The van der Waals surface area contributed by atoms with Crippen molar-refractivity contribution in [2.45, 2.75) is 52.7 Å².